The number of nitrogens with one attached hydrogen (secondary N) is 1. The number of aromatic nitrogens is 1. The highest BCUT2D eigenvalue weighted by Gasteiger charge is 2.11. The summed E-state index contributed by atoms with van der Waals surface area (Å²) in [5.41, 5.74) is 4.82. The number of nitriles is 1. The van der Waals surface area contributed by atoms with Crippen molar-refractivity contribution in [1.29, 1.82) is 5.26 Å². The van der Waals surface area contributed by atoms with Gasteiger partial charge in [-0.3, -0.25) is 0 Å². The smallest absolute Gasteiger partial charge is 0.132 e. The van der Waals surface area contributed by atoms with Crippen LogP contribution in [0.1, 0.15) is 22.4 Å². The summed E-state index contributed by atoms with van der Waals surface area (Å²) < 4.78 is 4.20. The van der Waals surface area contributed by atoms with Gasteiger partial charge in [-0.15, -0.1) is 0 Å². The van der Waals surface area contributed by atoms with Crippen LogP contribution in [0.5, 0.6) is 0 Å². The first kappa shape index (κ1) is 11.6. The van der Waals surface area contributed by atoms with Gasteiger partial charge in [-0.05, 0) is 43.4 Å². The van der Waals surface area contributed by atoms with Crippen molar-refractivity contribution in [3.63, 3.8) is 0 Å². The molecule has 0 bridgehead atoms. The minimum Gasteiger partial charge on any atom is -0.344 e. The fourth-order valence-electron chi connectivity index (χ4n) is 1.71. The Morgan fingerprint density at radius 3 is 2.47 bits per heavy atom. The zero-order valence-electron chi connectivity index (χ0n) is 10.0. The molecule has 3 nitrogen and oxygen atoms in total. The van der Waals surface area contributed by atoms with Crippen LogP contribution in [0, 0.1) is 32.1 Å². The lowest BCUT2D eigenvalue weighted by Gasteiger charge is -2.10. The summed E-state index contributed by atoms with van der Waals surface area (Å²) in [4.78, 5) is 0. The summed E-state index contributed by atoms with van der Waals surface area (Å²) in [6.07, 6.45) is 0. The Kier molecular flexibility index (Phi) is 3.12. The van der Waals surface area contributed by atoms with Crippen LogP contribution in [-0.2, 0) is 0 Å². The first-order chi connectivity index (χ1) is 8.13. The van der Waals surface area contributed by atoms with Crippen LogP contribution in [0.15, 0.2) is 18.2 Å². The molecule has 4 heteroatoms. The van der Waals surface area contributed by atoms with Gasteiger partial charge in [0.05, 0.1) is 5.69 Å². The van der Waals surface area contributed by atoms with Crippen LogP contribution in [0.25, 0.3) is 0 Å². The molecule has 0 saturated carbocycles. The highest BCUT2D eigenvalue weighted by Crippen LogP contribution is 2.30. The zero-order chi connectivity index (χ0) is 12.4. The van der Waals surface area contributed by atoms with Gasteiger partial charge < -0.3 is 5.32 Å². The SMILES string of the molecule is Cc1cccc(C)c1Nc1snc(C)c1C#N. The quantitative estimate of drug-likeness (QED) is 0.875. The maximum atomic E-state index is 9.08. The normalized spacial score (nSPS) is 10.0. The van der Waals surface area contributed by atoms with Gasteiger partial charge in [0.25, 0.3) is 0 Å². The van der Waals surface area contributed by atoms with E-state index >= 15 is 0 Å². The van der Waals surface area contributed by atoms with Crippen LogP contribution >= 0.6 is 11.5 Å². The molecule has 86 valence electrons. The van der Waals surface area contributed by atoms with E-state index in [1.807, 2.05) is 13.0 Å². The molecule has 1 heterocycles. The fraction of sp³-hybridized carbons (Fsp3) is 0.231. The van der Waals surface area contributed by atoms with E-state index < -0.39 is 0 Å². The lowest BCUT2D eigenvalue weighted by molar-refractivity contribution is 1.31. The second kappa shape index (κ2) is 4.56. The summed E-state index contributed by atoms with van der Waals surface area (Å²) >= 11 is 1.33. The van der Waals surface area contributed by atoms with Crippen molar-refractivity contribution < 1.29 is 0 Å². The van der Waals surface area contributed by atoms with Gasteiger partial charge in [0.1, 0.15) is 16.6 Å². The average Bonchev–Trinajstić information content (AvgIpc) is 2.64. The number of hydrogen-bond acceptors (Lipinski definition) is 4. The lowest BCUT2D eigenvalue weighted by atomic mass is 10.1. The molecule has 0 radical (unpaired) electrons. The van der Waals surface area contributed by atoms with Crippen molar-refractivity contribution >= 4 is 22.2 Å². The summed E-state index contributed by atoms with van der Waals surface area (Å²) in [7, 11) is 0. The van der Waals surface area contributed by atoms with Gasteiger partial charge in [-0.2, -0.15) is 9.64 Å². The number of aryl methyl sites for hydroxylation is 3. The molecule has 2 rings (SSSR count). The van der Waals surface area contributed by atoms with Crippen molar-refractivity contribution in [3.05, 3.63) is 40.6 Å². The monoisotopic (exact) mass is 243 g/mol. The minimum absolute atomic E-state index is 0.637. The third kappa shape index (κ3) is 2.15. The Morgan fingerprint density at radius 2 is 1.88 bits per heavy atom. The average molecular weight is 243 g/mol. The van der Waals surface area contributed by atoms with E-state index in [-0.39, 0.29) is 0 Å². The van der Waals surface area contributed by atoms with E-state index in [1.54, 1.807) is 0 Å². The maximum absolute atomic E-state index is 9.08. The third-order valence-electron chi connectivity index (χ3n) is 2.69. The number of para-hydroxylation sites is 1. The largest absolute Gasteiger partial charge is 0.344 e. The van der Waals surface area contributed by atoms with Gasteiger partial charge in [-0.25, -0.2) is 0 Å². The molecule has 0 aliphatic rings. The Labute approximate surface area is 105 Å². The Balaban J connectivity index is 2.42. The topological polar surface area (TPSA) is 48.7 Å². The highest BCUT2D eigenvalue weighted by molar-refractivity contribution is 7.10. The molecular weight excluding hydrogens is 230 g/mol. The van der Waals surface area contributed by atoms with E-state index in [1.165, 1.54) is 22.7 Å². The molecule has 0 aliphatic carbocycles. The second-order valence-corrected chi connectivity index (χ2v) is 4.75. The van der Waals surface area contributed by atoms with Gasteiger partial charge in [0, 0.05) is 5.69 Å². The van der Waals surface area contributed by atoms with E-state index in [4.69, 9.17) is 5.26 Å². The first-order valence-corrected chi connectivity index (χ1v) is 6.10. The molecule has 0 fully saturated rings. The molecule has 1 aromatic carbocycles. The summed E-state index contributed by atoms with van der Waals surface area (Å²) in [5, 5.41) is 13.2. The molecule has 1 N–H and O–H groups in total. The zero-order valence-corrected chi connectivity index (χ0v) is 10.9. The molecule has 0 aliphatic heterocycles. The predicted molar refractivity (Wildman–Crippen MR) is 70.8 cm³/mol. The van der Waals surface area contributed by atoms with Crippen LogP contribution in [0.3, 0.4) is 0 Å². The highest BCUT2D eigenvalue weighted by atomic mass is 32.1. The van der Waals surface area contributed by atoms with Gasteiger partial charge in [0.2, 0.25) is 0 Å². The molecule has 17 heavy (non-hydrogen) atoms. The number of anilines is 2. The molecule has 0 unspecified atom stereocenters. The van der Waals surface area contributed by atoms with Crippen LogP contribution in [0.4, 0.5) is 10.7 Å². The molecule has 0 saturated heterocycles. The molecule has 0 atom stereocenters. The van der Waals surface area contributed by atoms with Crippen LogP contribution < -0.4 is 5.32 Å². The second-order valence-electron chi connectivity index (χ2n) is 3.98. The molecule has 2 aromatic rings. The summed E-state index contributed by atoms with van der Waals surface area (Å²) in [5.74, 6) is 0. The molecule has 0 amide bonds. The van der Waals surface area contributed by atoms with Crippen LogP contribution in [-0.4, -0.2) is 4.37 Å². The number of rotatable bonds is 2. The van der Waals surface area contributed by atoms with Crippen molar-refractivity contribution in [3.8, 4) is 6.07 Å². The predicted octanol–water partition coefficient (Wildman–Crippen LogP) is 3.68. The van der Waals surface area contributed by atoms with E-state index in [2.05, 4.69) is 41.7 Å². The molecule has 1 aromatic heterocycles. The van der Waals surface area contributed by atoms with Gasteiger partial charge in [0.15, 0.2) is 0 Å². The first-order valence-electron chi connectivity index (χ1n) is 5.33. The summed E-state index contributed by atoms with van der Waals surface area (Å²) in [6.45, 7) is 5.95. The third-order valence-corrected chi connectivity index (χ3v) is 3.55. The van der Waals surface area contributed by atoms with Crippen molar-refractivity contribution in [1.82, 2.24) is 4.37 Å². The lowest BCUT2D eigenvalue weighted by Crippen LogP contribution is -1.95. The van der Waals surface area contributed by atoms with Crippen molar-refractivity contribution in [2.24, 2.45) is 0 Å². The standard InChI is InChI=1S/C13H13N3S/c1-8-5-4-6-9(2)12(8)15-13-11(7-14)10(3)16-17-13/h4-6,15H,1-3H3. The van der Waals surface area contributed by atoms with Crippen molar-refractivity contribution in [2.75, 3.05) is 5.32 Å². The summed E-state index contributed by atoms with van der Waals surface area (Å²) in [6, 6.07) is 8.32. The van der Waals surface area contributed by atoms with Crippen molar-refractivity contribution in [2.45, 2.75) is 20.8 Å². The fourth-order valence-corrected chi connectivity index (χ4v) is 2.46. The Morgan fingerprint density at radius 1 is 1.24 bits per heavy atom. The molecular formula is C13H13N3S. The minimum atomic E-state index is 0.637. The van der Waals surface area contributed by atoms with E-state index in [0.29, 0.717) is 5.56 Å². The van der Waals surface area contributed by atoms with Crippen LogP contribution in [0.2, 0.25) is 0 Å². The number of nitrogens with zero attached hydrogens (tertiary/aromatic N) is 2. The van der Waals surface area contributed by atoms with E-state index in [0.717, 1.165) is 16.4 Å². The van der Waals surface area contributed by atoms with Gasteiger partial charge >= 0.3 is 0 Å². The molecule has 0 spiro atoms. The van der Waals surface area contributed by atoms with Gasteiger partial charge in [-0.1, -0.05) is 18.2 Å². The maximum Gasteiger partial charge on any atom is 0.132 e. The number of hydrogen-bond donors (Lipinski definition) is 1. The Bertz CT molecular complexity index is 573. The Hall–Kier alpha value is -1.86. The number of benzene rings is 1. The van der Waals surface area contributed by atoms with E-state index in [9.17, 15) is 0 Å².